The Labute approximate surface area is 141 Å². The highest BCUT2D eigenvalue weighted by molar-refractivity contribution is 5.74. The summed E-state index contributed by atoms with van der Waals surface area (Å²) in [5.74, 6) is 1.10. The van der Waals surface area contributed by atoms with Crippen molar-refractivity contribution in [1.29, 1.82) is 0 Å². The summed E-state index contributed by atoms with van der Waals surface area (Å²) in [6.07, 6.45) is 2.80. The van der Waals surface area contributed by atoms with Crippen molar-refractivity contribution >= 4 is 17.8 Å². The third kappa shape index (κ3) is 4.65. The molecule has 130 valence electrons. The van der Waals surface area contributed by atoms with E-state index >= 15 is 0 Å². The lowest BCUT2D eigenvalue weighted by Gasteiger charge is -2.33. The Kier molecular flexibility index (Phi) is 6.06. The zero-order valence-electron chi connectivity index (χ0n) is 14.0. The van der Waals surface area contributed by atoms with Crippen LogP contribution in [0.1, 0.15) is 12.7 Å². The lowest BCUT2D eigenvalue weighted by Crippen LogP contribution is -2.50. The molecule has 0 atom stereocenters. The van der Waals surface area contributed by atoms with Crippen LogP contribution in [-0.2, 0) is 14.3 Å². The van der Waals surface area contributed by atoms with Gasteiger partial charge in [-0.3, -0.25) is 4.79 Å². The molecule has 1 fully saturated rings. The number of hydrogen-bond donors (Lipinski definition) is 0. The molecule has 1 aromatic heterocycles. The number of ether oxygens (including phenoxy) is 2. The fourth-order valence-corrected chi connectivity index (χ4v) is 2.33. The third-order valence-electron chi connectivity index (χ3n) is 3.68. The van der Waals surface area contributed by atoms with Crippen LogP contribution in [0.5, 0.6) is 0 Å². The highest BCUT2D eigenvalue weighted by Crippen LogP contribution is 2.17. The minimum absolute atomic E-state index is 0.0200. The van der Waals surface area contributed by atoms with E-state index in [1.807, 2.05) is 0 Å². The first-order valence-corrected chi connectivity index (χ1v) is 7.66. The molecule has 0 aromatic carbocycles. The van der Waals surface area contributed by atoms with Crippen molar-refractivity contribution in [3.05, 3.63) is 42.4 Å². The van der Waals surface area contributed by atoms with Gasteiger partial charge in [-0.1, -0.05) is 6.58 Å². The van der Waals surface area contributed by atoms with Gasteiger partial charge < -0.3 is 23.7 Å². The molecule has 24 heavy (non-hydrogen) atoms. The Morgan fingerprint density at radius 3 is 2.50 bits per heavy atom. The topological polar surface area (TPSA) is 72.2 Å². The summed E-state index contributed by atoms with van der Waals surface area (Å²) in [5, 5.41) is 0. The highest BCUT2D eigenvalue weighted by atomic mass is 16.6. The Hall–Kier alpha value is -2.70. The molecule has 1 saturated heterocycles. The van der Waals surface area contributed by atoms with E-state index in [9.17, 15) is 9.59 Å². The smallest absolute Gasteiger partial charge is 0.410 e. The molecule has 7 nitrogen and oxygen atoms in total. The summed E-state index contributed by atoms with van der Waals surface area (Å²) < 4.78 is 15.8. The van der Waals surface area contributed by atoms with E-state index in [0.29, 0.717) is 43.3 Å². The second-order valence-corrected chi connectivity index (χ2v) is 5.40. The number of hydrogen-bond acceptors (Lipinski definition) is 5. The van der Waals surface area contributed by atoms with Gasteiger partial charge in [0.2, 0.25) is 5.91 Å². The maximum atomic E-state index is 12.1. The van der Waals surface area contributed by atoms with Crippen molar-refractivity contribution in [2.24, 2.45) is 0 Å². The number of nitrogens with zero attached hydrogens (tertiary/aromatic N) is 2. The highest BCUT2D eigenvalue weighted by Gasteiger charge is 2.23. The van der Waals surface area contributed by atoms with Crippen LogP contribution in [0.4, 0.5) is 4.79 Å². The first-order chi connectivity index (χ1) is 11.5. The lowest BCUT2D eigenvalue weighted by atomic mass is 10.2. The third-order valence-corrected chi connectivity index (χ3v) is 3.68. The molecular formula is C17H22N2O5. The SMILES string of the molecule is C=C(/C=C(\OC)c1ccco1)COC(=O)N1CCN(C(C)=O)CC1. The van der Waals surface area contributed by atoms with Gasteiger partial charge >= 0.3 is 6.09 Å². The maximum absolute atomic E-state index is 12.1. The number of rotatable bonds is 5. The molecule has 0 radical (unpaired) electrons. The van der Waals surface area contributed by atoms with Gasteiger partial charge in [-0.2, -0.15) is 0 Å². The molecule has 2 rings (SSSR count). The van der Waals surface area contributed by atoms with E-state index < -0.39 is 6.09 Å². The predicted molar refractivity (Wildman–Crippen MR) is 88.0 cm³/mol. The fraction of sp³-hybridized carbons (Fsp3) is 0.412. The van der Waals surface area contributed by atoms with Crippen LogP contribution in [0.2, 0.25) is 0 Å². The molecular weight excluding hydrogens is 312 g/mol. The molecule has 1 aromatic rings. The van der Waals surface area contributed by atoms with Crippen LogP contribution < -0.4 is 0 Å². The van der Waals surface area contributed by atoms with E-state index in [0.717, 1.165) is 0 Å². The molecule has 1 aliphatic rings. The summed E-state index contributed by atoms with van der Waals surface area (Å²) in [6.45, 7) is 7.43. The second-order valence-electron chi connectivity index (χ2n) is 5.40. The molecule has 0 unspecified atom stereocenters. The summed E-state index contributed by atoms with van der Waals surface area (Å²) in [7, 11) is 1.53. The van der Waals surface area contributed by atoms with Crippen LogP contribution in [0, 0.1) is 0 Å². The minimum atomic E-state index is -0.412. The van der Waals surface area contributed by atoms with Crippen molar-refractivity contribution < 1.29 is 23.5 Å². The van der Waals surface area contributed by atoms with Gasteiger partial charge in [-0.15, -0.1) is 0 Å². The Balaban J connectivity index is 1.81. The van der Waals surface area contributed by atoms with Gasteiger partial charge in [0.15, 0.2) is 11.5 Å². The number of carbonyl (C=O) groups is 2. The van der Waals surface area contributed by atoms with Gasteiger partial charge in [0.1, 0.15) is 6.61 Å². The Bertz CT molecular complexity index is 613. The van der Waals surface area contributed by atoms with E-state index in [1.54, 1.807) is 34.3 Å². The lowest BCUT2D eigenvalue weighted by molar-refractivity contribution is -0.130. The molecule has 0 spiro atoms. The molecule has 0 saturated carbocycles. The van der Waals surface area contributed by atoms with Gasteiger partial charge in [0, 0.05) is 33.1 Å². The maximum Gasteiger partial charge on any atom is 0.410 e. The average Bonchev–Trinajstić information content (AvgIpc) is 3.12. The summed E-state index contributed by atoms with van der Waals surface area (Å²) in [5.41, 5.74) is 0.582. The largest absolute Gasteiger partial charge is 0.493 e. The first kappa shape index (κ1) is 17.7. The quantitative estimate of drug-likeness (QED) is 0.609. The first-order valence-electron chi connectivity index (χ1n) is 7.66. The van der Waals surface area contributed by atoms with Crippen LogP contribution in [0.15, 0.2) is 41.0 Å². The van der Waals surface area contributed by atoms with Gasteiger partial charge in [-0.05, 0) is 23.8 Å². The molecule has 0 N–H and O–H groups in total. The van der Waals surface area contributed by atoms with Gasteiger partial charge in [-0.25, -0.2) is 4.79 Å². The second kappa shape index (κ2) is 8.24. The normalized spacial score (nSPS) is 15.2. The van der Waals surface area contributed by atoms with Crippen LogP contribution in [0.25, 0.3) is 5.76 Å². The zero-order valence-corrected chi connectivity index (χ0v) is 14.0. The molecule has 2 amide bonds. The van der Waals surface area contributed by atoms with Crippen molar-refractivity contribution in [2.75, 3.05) is 39.9 Å². The van der Waals surface area contributed by atoms with E-state index in [2.05, 4.69) is 6.58 Å². The Morgan fingerprint density at radius 1 is 1.29 bits per heavy atom. The van der Waals surface area contributed by atoms with E-state index in [-0.39, 0.29) is 12.5 Å². The monoisotopic (exact) mass is 334 g/mol. The molecule has 0 aliphatic carbocycles. The molecule has 2 heterocycles. The van der Waals surface area contributed by atoms with E-state index in [4.69, 9.17) is 13.9 Å². The minimum Gasteiger partial charge on any atom is -0.493 e. The number of amides is 2. The van der Waals surface area contributed by atoms with Crippen LogP contribution in [-0.4, -0.2) is 61.7 Å². The number of carbonyl (C=O) groups excluding carboxylic acids is 2. The predicted octanol–water partition coefficient (Wildman–Crippen LogP) is 2.12. The van der Waals surface area contributed by atoms with Crippen molar-refractivity contribution in [3.63, 3.8) is 0 Å². The molecule has 7 heteroatoms. The zero-order chi connectivity index (χ0) is 17.5. The van der Waals surface area contributed by atoms with Crippen LogP contribution in [0.3, 0.4) is 0 Å². The standard InChI is InChI=1S/C17H22N2O5/c1-13(11-16(22-3)15-5-4-10-23-15)12-24-17(21)19-8-6-18(7-9-19)14(2)20/h4-5,10-11H,1,6-9,12H2,2-3H3/b16-11-. The summed E-state index contributed by atoms with van der Waals surface area (Å²) in [6, 6.07) is 3.52. The Morgan fingerprint density at radius 2 is 1.96 bits per heavy atom. The summed E-state index contributed by atoms with van der Waals surface area (Å²) in [4.78, 5) is 26.6. The van der Waals surface area contributed by atoms with E-state index in [1.165, 1.54) is 14.0 Å². The van der Waals surface area contributed by atoms with Crippen molar-refractivity contribution in [1.82, 2.24) is 9.80 Å². The summed E-state index contributed by atoms with van der Waals surface area (Å²) >= 11 is 0. The van der Waals surface area contributed by atoms with Gasteiger partial charge in [0.25, 0.3) is 0 Å². The number of methoxy groups -OCH3 is 1. The molecule has 1 aliphatic heterocycles. The average molecular weight is 334 g/mol. The fourth-order valence-electron chi connectivity index (χ4n) is 2.33. The van der Waals surface area contributed by atoms with Crippen molar-refractivity contribution in [3.8, 4) is 0 Å². The molecule has 0 bridgehead atoms. The van der Waals surface area contributed by atoms with Crippen LogP contribution >= 0.6 is 0 Å². The number of furan rings is 1. The van der Waals surface area contributed by atoms with Gasteiger partial charge in [0.05, 0.1) is 13.4 Å². The number of piperazine rings is 1. The van der Waals surface area contributed by atoms with Crippen molar-refractivity contribution in [2.45, 2.75) is 6.92 Å².